The van der Waals surface area contributed by atoms with Gasteiger partial charge in [-0.3, -0.25) is 29.0 Å². The van der Waals surface area contributed by atoms with Crippen LogP contribution >= 0.6 is 0 Å². The number of amides is 4. The molecule has 568 valence electrons. The summed E-state index contributed by atoms with van der Waals surface area (Å²) in [6.45, 7) is 17.6. The topological polar surface area (TPSA) is 74.8 Å². The number of hydrogen-bond donors (Lipinski definition) is 0. The second-order valence-electron chi connectivity index (χ2n) is 30.7. The Morgan fingerprint density at radius 3 is 0.621 bits per heavy atom. The maximum Gasteiger partial charge on any atom is 0.261 e. The van der Waals surface area contributed by atoms with Crippen LogP contribution in [-0.2, 0) is 0 Å². The standard InChI is InChI=1S/C32H26N2O4.C32H26.C30H26.C16H16/c1-3-5-15-33-29(35)21-11-7-17-19-9-13-23-28-24(32(38)34(31(23)37)16-6-4-2)14-10-20(26(19)28)18-8-12-22(30(33)36)27(21)25(17)18;1-23-11-15-25(16-12-23)19-21-31-27-7-3-5-9-29(27)32(30-10-6-4-8-28(30)31)22-20-26-17-13-24(2)14-18-26;1-23-3-7-25(8-4-23)11-13-27-15-19-29(20-16-27)30-21-17-28(18-22-30)14-12-26-9-5-24(2)6-10-26;1-13-3-7-15(8-4-13)11-12-16-9-5-14(2)6-10-16/h7-14H,3-6,15-16H2,1-2H3;3-22H,1-2H3;3-22H,1-2H3;3-12H,1-2H3/b;21-19+,22-20+;13-11+,14-12+;12-11+. The monoisotopic (exact) mass is 1510 g/mol. The van der Waals surface area contributed by atoms with Crippen LogP contribution in [0.4, 0.5) is 0 Å². The first-order valence-corrected chi connectivity index (χ1v) is 40.4. The number of imide groups is 2. The van der Waals surface area contributed by atoms with Gasteiger partial charge >= 0.3 is 0 Å². The van der Waals surface area contributed by atoms with E-state index in [1.165, 1.54) is 131 Å². The van der Waals surface area contributed by atoms with Gasteiger partial charge in [0.05, 0.1) is 0 Å². The fourth-order valence-corrected chi connectivity index (χ4v) is 15.5. The Morgan fingerprint density at radius 2 is 0.414 bits per heavy atom. The van der Waals surface area contributed by atoms with Crippen LogP contribution in [0.15, 0.2) is 291 Å². The van der Waals surface area contributed by atoms with Crippen molar-refractivity contribution in [2.24, 2.45) is 0 Å². The maximum absolute atomic E-state index is 13.4. The first-order chi connectivity index (χ1) is 56.5. The minimum Gasteiger partial charge on any atom is -0.274 e. The molecule has 16 aromatic rings. The molecule has 0 unspecified atom stereocenters. The molecule has 0 saturated heterocycles. The van der Waals surface area contributed by atoms with Crippen LogP contribution in [-0.4, -0.2) is 46.5 Å². The second-order valence-corrected chi connectivity index (χ2v) is 30.7. The number of aryl methyl sites for hydroxylation is 6. The maximum atomic E-state index is 13.4. The Labute approximate surface area is 681 Å². The third-order valence-corrected chi connectivity index (χ3v) is 22.2. The van der Waals surface area contributed by atoms with E-state index in [0.717, 1.165) is 58.0 Å². The van der Waals surface area contributed by atoms with Gasteiger partial charge in [0.25, 0.3) is 23.6 Å². The molecule has 6 heteroatoms. The highest BCUT2D eigenvalue weighted by atomic mass is 16.2. The molecule has 4 amide bonds. The summed E-state index contributed by atoms with van der Waals surface area (Å²) in [7, 11) is 0. The van der Waals surface area contributed by atoms with Gasteiger partial charge in [0, 0.05) is 46.1 Å². The molecular weight excluding hydrogens is 1410 g/mol. The van der Waals surface area contributed by atoms with Crippen molar-refractivity contribution in [3.05, 3.63) is 402 Å². The van der Waals surface area contributed by atoms with E-state index in [4.69, 9.17) is 0 Å². The molecule has 0 N–H and O–H groups in total. The summed E-state index contributed by atoms with van der Waals surface area (Å²) in [5, 5.41) is 11.9. The highest BCUT2D eigenvalue weighted by molar-refractivity contribution is 6.41. The molecule has 0 fully saturated rings. The molecule has 2 heterocycles. The minimum absolute atomic E-state index is 0.251. The molecule has 0 saturated carbocycles. The van der Waals surface area contributed by atoms with Crippen molar-refractivity contribution < 1.29 is 19.2 Å². The molecule has 18 rings (SSSR count). The Kier molecular flexibility index (Phi) is 23.5. The number of benzene rings is 16. The molecule has 6 nitrogen and oxygen atoms in total. The zero-order chi connectivity index (χ0) is 80.3. The first kappa shape index (κ1) is 77.6. The average Bonchev–Trinajstić information content (AvgIpc) is 0.689. The molecule has 16 aromatic carbocycles. The summed E-state index contributed by atoms with van der Waals surface area (Å²) < 4.78 is 0. The fourth-order valence-electron chi connectivity index (χ4n) is 15.5. The molecule has 0 aromatic heterocycles. The molecular formula is C110H94N2O4. The minimum atomic E-state index is -0.251. The Balaban J connectivity index is 0.000000126. The highest BCUT2D eigenvalue weighted by Gasteiger charge is 2.37. The summed E-state index contributed by atoms with van der Waals surface area (Å²) in [5.41, 5.74) is 24.7. The van der Waals surface area contributed by atoms with Crippen molar-refractivity contribution in [3.8, 4) is 11.1 Å². The van der Waals surface area contributed by atoms with Gasteiger partial charge in [0.1, 0.15) is 0 Å². The number of hydrogen-bond acceptors (Lipinski definition) is 4. The number of fused-ring (bicyclic) bond motifs is 4. The predicted molar refractivity (Wildman–Crippen MR) is 493 cm³/mol. The Hall–Kier alpha value is -13.7. The molecule has 0 spiro atoms. The van der Waals surface area contributed by atoms with Crippen LogP contribution in [0.3, 0.4) is 0 Å². The largest absolute Gasteiger partial charge is 0.274 e. The molecule has 0 radical (unpaired) electrons. The van der Waals surface area contributed by atoms with Gasteiger partial charge in [-0.15, -0.1) is 0 Å². The van der Waals surface area contributed by atoms with Gasteiger partial charge in [0.15, 0.2) is 0 Å². The first-order valence-electron chi connectivity index (χ1n) is 40.4. The lowest BCUT2D eigenvalue weighted by molar-refractivity contribution is 0.0593. The van der Waals surface area contributed by atoms with E-state index < -0.39 is 0 Å². The number of rotatable bonds is 17. The van der Waals surface area contributed by atoms with E-state index in [1.54, 1.807) is 0 Å². The quantitative estimate of drug-likeness (QED) is 0.0394. The lowest BCUT2D eigenvalue weighted by atomic mass is 9.82. The van der Waals surface area contributed by atoms with Crippen LogP contribution in [0.1, 0.15) is 170 Å². The Morgan fingerprint density at radius 1 is 0.216 bits per heavy atom. The fraction of sp³-hybridized carbons (Fsp3) is 0.127. The third kappa shape index (κ3) is 17.0. The van der Waals surface area contributed by atoms with Gasteiger partial charge in [0.2, 0.25) is 0 Å². The number of carbonyl (C=O) groups is 4. The lowest BCUT2D eigenvalue weighted by Crippen LogP contribution is -2.41. The van der Waals surface area contributed by atoms with Crippen LogP contribution in [0.2, 0.25) is 0 Å². The summed E-state index contributed by atoms with van der Waals surface area (Å²) in [4.78, 5) is 56.4. The van der Waals surface area contributed by atoms with Crippen molar-refractivity contribution in [2.45, 2.75) is 81.1 Å². The van der Waals surface area contributed by atoms with Crippen LogP contribution in [0, 0.1) is 41.5 Å². The van der Waals surface area contributed by atoms with Crippen molar-refractivity contribution in [1.82, 2.24) is 9.80 Å². The number of unbranched alkanes of at least 4 members (excludes halogenated alkanes) is 2. The normalized spacial score (nSPS) is 12.7. The summed E-state index contributed by atoms with van der Waals surface area (Å²) in [6.07, 6.45) is 25.2. The van der Waals surface area contributed by atoms with Gasteiger partial charge in [-0.2, -0.15) is 0 Å². The second kappa shape index (κ2) is 35.2. The van der Waals surface area contributed by atoms with E-state index in [1.807, 2.05) is 62.4 Å². The van der Waals surface area contributed by atoms with Gasteiger partial charge < -0.3 is 0 Å². The van der Waals surface area contributed by atoms with E-state index in [2.05, 4.69) is 345 Å². The number of nitrogens with zero attached hydrogens (tertiary/aromatic N) is 2. The number of carbonyl (C=O) groups excluding carboxylic acids is 4. The zero-order valence-corrected chi connectivity index (χ0v) is 67.3. The molecule has 2 aliphatic rings. The van der Waals surface area contributed by atoms with E-state index in [-0.39, 0.29) is 23.6 Å². The molecule has 0 bridgehead atoms. The van der Waals surface area contributed by atoms with Gasteiger partial charge in [-0.05, 0) is 199 Å². The van der Waals surface area contributed by atoms with Crippen molar-refractivity contribution in [1.29, 1.82) is 0 Å². The third-order valence-electron chi connectivity index (χ3n) is 22.2. The van der Waals surface area contributed by atoms with Gasteiger partial charge in [-0.1, -0.05) is 388 Å². The SMILES string of the molecule is CCCCN1C(=O)c2ccc3c4ccc5c6c(ccc(c7ccc(c2c37)C1=O)c64)C(=O)N(CCCC)C5=O.Cc1ccc(/C=C/c2c3ccccc3c(/C=C/c3ccc(C)cc3)c3ccccc23)cc1.Cc1ccc(/C=C/c2ccc(-c3ccc(/C=C/c4ccc(C)cc4)cc3)cc2)cc1.Cc1ccc(/C=C/c2ccc(C)cc2)cc1. The smallest absolute Gasteiger partial charge is 0.261 e. The van der Waals surface area contributed by atoms with Crippen molar-refractivity contribution in [2.75, 3.05) is 13.1 Å². The molecule has 0 aliphatic carbocycles. The van der Waals surface area contributed by atoms with E-state index in [9.17, 15) is 19.2 Å². The van der Waals surface area contributed by atoms with E-state index in [0.29, 0.717) is 46.1 Å². The zero-order valence-electron chi connectivity index (χ0n) is 67.3. The average molecular weight is 1510 g/mol. The molecule has 2 aliphatic heterocycles. The van der Waals surface area contributed by atoms with Crippen LogP contribution in [0.25, 0.3) is 137 Å². The summed E-state index contributed by atoms with van der Waals surface area (Å²) in [5.74, 6) is -1.00. The van der Waals surface area contributed by atoms with Gasteiger partial charge in [-0.25, -0.2) is 0 Å². The predicted octanol–water partition coefficient (Wildman–Crippen LogP) is 28.3. The highest BCUT2D eigenvalue weighted by Crippen LogP contribution is 2.47. The van der Waals surface area contributed by atoms with Crippen molar-refractivity contribution in [3.63, 3.8) is 0 Å². The van der Waals surface area contributed by atoms with Crippen LogP contribution in [0.5, 0.6) is 0 Å². The lowest BCUT2D eigenvalue weighted by Gasteiger charge is -2.30. The Bertz CT molecular complexity index is 5910. The van der Waals surface area contributed by atoms with E-state index >= 15 is 0 Å². The summed E-state index contributed by atoms with van der Waals surface area (Å²) >= 11 is 0. The molecule has 116 heavy (non-hydrogen) atoms. The van der Waals surface area contributed by atoms with Crippen molar-refractivity contribution >= 4 is 149 Å². The molecule has 0 atom stereocenters. The van der Waals surface area contributed by atoms with Crippen LogP contribution < -0.4 is 0 Å². The summed E-state index contributed by atoms with van der Waals surface area (Å²) in [6, 6.07) is 102.